The van der Waals surface area contributed by atoms with E-state index in [4.69, 9.17) is 0 Å². The van der Waals surface area contributed by atoms with E-state index in [1.807, 2.05) is 0 Å². The fourth-order valence-electron chi connectivity index (χ4n) is 2.75. The van der Waals surface area contributed by atoms with E-state index >= 15 is 0 Å². The van der Waals surface area contributed by atoms with Gasteiger partial charge in [-0.2, -0.15) is 0 Å². The maximum atomic E-state index is 9.59. The van der Waals surface area contributed by atoms with Crippen LogP contribution in [0, 0.1) is 19.8 Å². The highest BCUT2D eigenvalue weighted by Gasteiger charge is 2.23. The predicted octanol–water partition coefficient (Wildman–Crippen LogP) is 1.71. The van der Waals surface area contributed by atoms with Crippen molar-refractivity contribution in [3.8, 4) is 0 Å². The van der Waals surface area contributed by atoms with Crippen LogP contribution < -0.4 is 10.2 Å². The van der Waals surface area contributed by atoms with Crippen molar-refractivity contribution in [2.45, 2.75) is 26.8 Å². The maximum absolute atomic E-state index is 9.59. The van der Waals surface area contributed by atoms with E-state index in [0.717, 1.165) is 19.6 Å². The first kappa shape index (κ1) is 13.4. The minimum Gasteiger partial charge on any atom is -0.394 e. The zero-order valence-electron chi connectivity index (χ0n) is 11.6. The van der Waals surface area contributed by atoms with E-state index in [1.54, 1.807) is 0 Å². The van der Waals surface area contributed by atoms with Crippen molar-refractivity contribution < 1.29 is 5.11 Å². The van der Waals surface area contributed by atoms with Gasteiger partial charge in [-0.05, 0) is 49.6 Å². The van der Waals surface area contributed by atoms with Crippen molar-refractivity contribution in [3.05, 3.63) is 29.3 Å². The molecular weight excluding hydrogens is 224 g/mol. The molecule has 0 amide bonds. The Labute approximate surface area is 110 Å². The van der Waals surface area contributed by atoms with E-state index in [2.05, 4.69) is 49.2 Å². The molecule has 2 rings (SSSR count). The second kappa shape index (κ2) is 5.72. The van der Waals surface area contributed by atoms with Gasteiger partial charge in [-0.3, -0.25) is 0 Å². The summed E-state index contributed by atoms with van der Waals surface area (Å²) in [5, 5.41) is 13.0. The fraction of sp³-hybridized carbons (Fsp3) is 0.600. The lowest BCUT2D eigenvalue weighted by molar-refractivity contribution is 0.259. The molecule has 1 fully saturated rings. The van der Waals surface area contributed by atoms with Gasteiger partial charge in [0.05, 0.1) is 12.6 Å². The number of nitrogens with zero attached hydrogens (tertiary/aromatic N) is 1. The van der Waals surface area contributed by atoms with E-state index in [-0.39, 0.29) is 12.6 Å². The van der Waals surface area contributed by atoms with Gasteiger partial charge in [-0.25, -0.2) is 0 Å². The molecule has 0 saturated carbocycles. The number of aliphatic hydroxyl groups excluding tert-OH is 1. The molecule has 3 nitrogen and oxygen atoms in total. The summed E-state index contributed by atoms with van der Waals surface area (Å²) >= 11 is 0. The second-order valence-electron chi connectivity index (χ2n) is 5.60. The summed E-state index contributed by atoms with van der Waals surface area (Å²) in [6.45, 7) is 9.59. The summed E-state index contributed by atoms with van der Waals surface area (Å²) in [5.41, 5.74) is 3.81. The number of aliphatic hydroxyl groups is 1. The van der Waals surface area contributed by atoms with Gasteiger partial charge in [0.25, 0.3) is 0 Å². The molecule has 1 aromatic rings. The van der Waals surface area contributed by atoms with Crippen LogP contribution in [0.25, 0.3) is 0 Å². The molecule has 0 bridgehead atoms. The van der Waals surface area contributed by atoms with Crippen molar-refractivity contribution in [2.24, 2.45) is 5.92 Å². The lowest BCUT2D eigenvalue weighted by Gasteiger charge is -2.32. The normalized spacial score (nSPS) is 25.0. The Morgan fingerprint density at radius 2 is 1.89 bits per heavy atom. The SMILES string of the molecule is Cc1cc(C)cc(N2CC(C)CNCC2CO)c1. The molecule has 2 N–H and O–H groups in total. The Morgan fingerprint density at radius 1 is 1.22 bits per heavy atom. The Morgan fingerprint density at radius 3 is 2.50 bits per heavy atom. The van der Waals surface area contributed by atoms with Crippen LogP contribution in [-0.4, -0.2) is 37.4 Å². The summed E-state index contributed by atoms with van der Waals surface area (Å²) in [6.07, 6.45) is 0. The number of anilines is 1. The van der Waals surface area contributed by atoms with Crippen LogP contribution in [0.5, 0.6) is 0 Å². The molecule has 1 saturated heterocycles. The number of nitrogens with one attached hydrogen (secondary N) is 1. The van der Waals surface area contributed by atoms with Crippen molar-refractivity contribution in [1.29, 1.82) is 0 Å². The monoisotopic (exact) mass is 248 g/mol. The Hall–Kier alpha value is -1.06. The van der Waals surface area contributed by atoms with Crippen LogP contribution in [0.4, 0.5) is 5.69 Å². The van der Waals surface area contributed by atoms with Gasteiger partial charge in [0.15, 0.2) is 0 Å². The zero-order chi connectivity index (χ0) is 13.1. The molecule has 0 radical (unpaired) electrons. The number of rotatable bonds is 2. The lowest BCUT2D eigenvalue weighted by Crippen LogP contribution is -2.43. The van der Waals surface area contributed by atoms with Crippen LogP contribution in [0.15, 0.2) is 18.2 Å². The first-order valence-electron chi connectivity index (χ1n) is 6.76. The highest BCUT2D eigenvalue weighted by Crippen LogP contribution is 2.23. The van der Waals surface area contributed by atoms with Crippen LogP contribution >= 0.6 is 0 Å². The first-order valence-corrected chi connectivity index (χ1v) is 6.76. The minimum atomic E-state index is 0.177. The third kappa shape index (κ3) is 3.03. The van der Waals surface area contributed by atoms with Gasteiger partial charge < -0.3 is 15.3 Å². The Bertz CT molecular complexity index is 385. The van der Waals surface area contributed by atoms with Crippen LogP contribution in [0.2, 0.25) is 0 Å². The number of aryl methyl sites for hydroxylation is 2. The van der Waals surface area contributed by atoms with Crippen LogP contribution in [0.1, 0.15) is 18.1 Å². The molecule has 1 aliphatic rings. The largest absolute Gasteiger partial charge is 0.394 e. The van der Waals surface area contributed by atoms with E-state index in [1.165, 1.54) is 16.8 Å². The molecule has 2 unspecified atom stereocenters. The smallest absolute Gasteiger partial charge is 0.0647 e. The molecule has 1 aliphatic heterocycles. The predicted molar refractivity (Wildman–Crippen MR) is 76.2 cm³/mol. The van der Waals surface area contributed by atoms with Crippen molar-refractivity contribution >= 4 is 5.69 Å². The van der Waals surface area contributed by atoms with E-state index in [0.29, 0.717) is 5.92 Å². The fourth-order valence-corrected chi connectivity index (χ4v) is 2.75. The average molecular weight is 248 g/mol. The number of benzene rings is 1. The summed E-state index contributed by atoms with van der Waals surface area (Å²) in [5.74, 6) is 0.599. The second-order valence-corrected chi connectivity index (χ2v) is 5.60. The summed E-state index contributed by atoms with van der Waals surface area (Å²) < 4.78 is 0. The summed E-state index contributed by atoms with van der Waals surface area (Å²) in [7, 11) is 0. The molecule has 0 aromatic heterocycles. The first-order chi connectivity index (χ1) is 8.60. The van der Waals surface area contributed by atoms with E-state index in [9.17, 15) is 5.11 Å². The maximum Gasteiger partial charge on any atom is 0.0647 e. The third-order valence-electron chi connectivity index (χ3n) is 3.57. The Balaban J connectivity index is 2.31. The van der Waals surface area contributed by atoms with Gasteiger partial charge >= 0.3 is 0 Å². The van der Waals surface area contributed by atoms with Gasteiger partial charge in [0, 0.05) is 18.8 Å². The van der Waals surface area contributed by atoms with Gasteiger partial charge in [-0.1, -0.05) is 13.0 Å². The highest BCUT2D eigenvalue weighted by atomic mass is 16.3. The average Bonchev–Trinajstić information content (AvgIpc) is 2.49. The Kier molecular flexibility index (Phi) is 4.25. The molecule has 0 spiro atoms. The third-order valence-corrected chi connectivity index (χ3v) is 3.57. The van der Waals surface area contributed by atoms with Crippen LogP contribution in [-0.2, 0) is 0 Å². The summed E-state index contributed by atoms with van der Waals surface area (Å²) in [4.78, 5) is 2.35. The molecule has 100 valence electrons. The number of hydrogen-bond acceptors (Lipinski definition) is 3. The molecule has 2 atom stereocenters. The van der Waals surface area contributed by atoms with Gasteiger partial charge in [-0.15, -0.1) is 0 Å². The molecule has 0 aliphatic carbocycles. The number of hydrogen-bond donors (Lipinski definition) is 2. The zero-order valence-corrected chi connectivity index (χ0v) is 11.6. The molecular formula is C15H24N2O. The summed E-state index contributed by atoms with van der Waals surface area (Å²) in [6, 6.07) is 6.80. The molecule has 1 heterocycles. The lowest BCUT2D eigenvalue weighted by atomic mass is 10.1. The van der Waals surface area contributed by atoms with Gasteiger partial charge in [0.1, 0.15) is 0 Å². The highest BCUT2D eigenvalue weighted by molar-refractivity contribution is 5.52. The topological polar surface area (TPSA) is 35.5 Å². The van der Waals surface area contributed by atoms with Crippen molar-refractivity contribution in [2.75, 3.05) is 31.1 Å². The standard InChI is InChI=1S/C15H24N2O/c1-11-4-12(2)6-14(5-11)17-9-13(3)7-16-8-15(17)10-18/h4-6,13,15-16,18H,7-10H2,1-3H3. The molecule has 3 heteroatoms. The minimum absolute atomic E-state index is 0.177. The van der Waals surface area contributed by atoms with Gasteiger partial charge in [0.2, 0.25) is 0 Å². The van der Waals surface area contributed by atoms with Crippen molar-refractivity contribution in [1.82, 2.24) is 5.32 Å². The van der Waals surface area contributed by atoms with Crippen molar-refractivity contribution in [3.63, 3.8) is 0 Å². The van der Waals surface area contributed by atoms with E-state index < -0.39 is 0 Å². The quantitative estimate of drug-likeness (QED) is 0.836. The molecule has 1 aromatic carbocycles. The molecule has 18 heavy (non-hydrogen) atoms. The van der Waals surface area contributed by atoms with Crippen LogP contribution in [0.3, 0.4) is 0 Å².